The van der Waals surface area contributed by atoms with Crippen molar-refractivity contribution in [1.29, 1.82) is 0 Å². The number of hydrogen-bond acceptors (Lipinski definition) is 2. The molecule has 2 aromatic rings. The lowest BCUT2D eigenvalue weighted by Crippen LogP contribution is -2.25. The van der Waals surface area contributed by atoms with Crippen LogP contribution >= 0.6 is 34.5 Å². The van der Waals surface area contributed by atoms with Crippen molar-refractivity contribution in [2.75, 3.05) is 0 Å². The summed E-state index contributed by atoms with van der Waals surface area (Å²) in [4.78, 5) is 12.5. The van der Waals surface area contributed by atoms with Crippen LogP contribution in [0.25, 0.3) is 0 Å². The Bertz CT molecular complexity index is 568. The molecule has 0 aliphatic carbocycles. The van der Waals surface area contributed by atoms with Gasteiger partial charge in [0.05, 0.1) is 15.3 Å². The average Bonchev–Trinajstić information content (AvgIpc) is 2.76. The van der Waals surface area contributed by atoms with Crippen LogP contribution in [0, 0.1) is 0 Å². The first-order valence-electron chi connectivity index (χ1n) is 5.38. The molecule has 1 aromatic carbocycles. The van der Waals surface area contributed by atoms with Crippen LogP contribution in [0.1, 0.15) is 28.2 Å². The Morgan fingerprint density at radius 3 is 2.67 bits per heavy atom. The van der Waals surface area contributed by atoms with Gasteiger partial charge in [0.25, 0.3) is 5.91 Å². The van der Waals surface area contributed by atoms with Crippen molar-refractivity contribution >= 4 is 40.4 Å². The highest BCUT2D eigenvalue weighted by Crippen LogP contribution is 2.23. The number of hydrogen-bond donors (Lipinski definition) is 1. The minimum absolute atomic E-state index is 0.0999. The number of nitrogens with one attached hydrogen (secondary N) is 1. The second-order valence-electron chi connectivity index (χ2n) is 3.85. The molecule has 1 atom stereocenters. The molecule has 0 saturated carbocycles. The van der Waals surface area contributed by atoms with Gasteiger partial charge in [-0.1, -0.05) is 35.3 Å². The van der Waals surface area contributed by atoms with Gasteiger partial charge in [-0.25, -0.2) is 0 Å². The minimum atomic E-state index is -0.126. The summed E-state index contributed by atoms with van der Waals surface area (Å²) in [5, 5.41) is 3.57. The summed E-state index contributed by atoms with van der Waals surface area (Å²) >= 11 is 13.0. The number of benzene rings is 1. The van der Waals surface area contributed by atoms with Gasteiger partial charge in [0.2, 0.25) is 0 Å². The Labute approximate surface area is 120 Å². The first kappa shape index (κ1) is 13.4. The largest absolute Gasteiger partial charge is 0.345 e. The Balaban J connectivity index is 2.07. The highest BCUT2D eigenvalue weighted by atomic mass is 35.5. The molecule has 0 aliphatic rings. The van der Waals surface area contributed by atoms with E-state index in [1.54, 1.807) is 18.2 Å². The van der Waals surface area contributed by atoms with Crippen LogP contribution in [-0.2, 0) is 0 Å². The lowest BCUT2D eigenvalue weighted by molar-refractivity contribution is 0.0944. The van der Waals surface area contributed by atoms with Crippen molar-refractivity contribution in [2.24, 2.45) is 0 Å². The summed E-state index contributed by atoms with van der Waals surface area (Å²) in [6.07, 6.45) is 0. The zero-order valence-corrected chi connectivity index (χ0v) is 11.9. The minimum Gasteiger partial charge on any atom is -0.345 e. The first-order chi connectivity index (χ1) is 8.56. The third kappa shape index (κ3) is 3.25. The Morgan fingerprint density at radius 2 is 2.06 bits per heavy atom. The molecule has 1 N–H and O–H groups in total. The fourth-order valence-electron chi connectivity index (χ4n) is 1.56. The SMILES string of the molecule is C[C@@H](NC(=O)c1ccc(Cl)s1)c1cccc(Cl)c1. The smallest absolute Gasteiger partial charge is 0.261 e. The van der Waals surface area contributed by atoms with Gasteiger partial charge in [-0.05, 0) is 36.8 Å². The van der Waals surface area contributed by atoms with Crippen LogP contribution < -0.4 is 5.32 Å². The summed E-state index contributed by atoms with van der Waals surface area (Å²) in [5.41, 5.74) is 0.971. The Kier molecular flexibility index (Phi) is 4.27. The van der Waals surface area contributed by atoms with Gasteiger partial charge in [0.1, 0.15) is 0 Å². The lowest BCUT2D eigenvalue weighted by atomic mass is 10.1. The maximum absolute atomic E-state index is 11.9. The lowest BCUT2D eigenvalue weighted by Gasteiger charge is -2.13. The van der Waals surface area contributed by atoms with Gasteiger partial charge in [-0.15, -0.1) is 11.3 Å². The maximum Gasteiger partial charge on any atom is 0.261 e. The molecule has 2 nitrogen and oxygen atoms in total. The monoisotopic (exact) mass is 299 g/mol. The molecule has 1 heterocycles. The van der Waals surface area contributed by atoms with Crippen LogP contribution in [0.5, 0.6) is 0 Å². The fourth-order valence-corrected chi connectivity index (χ4v) is 2.71. The molecular formula is C13H11Cl2NOS. The van der Waals surface area contributed by atoms with Crippen LogP contribution in [0.4, 0.5) is 0 Å². The predicted molar refractivity (Wildman–Crippen MR) is 76.7 cm³/mol. The molecule has 0 unspecified atom stereocenters. The van der Waals surface area contributed by atoms with Crippen molar-refractivity contribution < 1.29 is 4.79 Å². The molecule has 0 saturated heterocycles. The maximum atomic E-state index is 11.9. The number of thiophene rings is 1. The average molecular weight is 300 g/mol. The van der Waals surface area contributed by atoms with Gasteiger partial charge >= 0.3 is 0 Å². The molecule has 94 valence electrons. The molecule has 5 heteroatoms. The molecular weight excluding hydrogens is 289 g/mol. The van der Waals surface area contributed by atoms with Crippen molar-refractivity contribution in [3.8, 4) is 0 Å². The van der Waals surface area contributed by atoms with Crippen molar-refractivity contribution in [3.05, 3.63) is 56.2 Å². The third-order valence-electron chi connectivity index (χ3n) is 2.49. The number of rotatable bonds is 3. The molecule has 18 heavy (non-hydrogen) atoms. The summed E-state index contributed by atoms with van der Waals surface area (Å²) in [6, 6.07) is 10.8. The van der Waals surface area contributed by atoms with Crippen LogP contribution in [0.15, 0.2) is 36.4 Å². The highest BCUT2D eigenvalue weighted by molar-refractivity contribution is 7.17. The van der Waals surface area contributed by atoms with E-state index in [0.29, 0.717) is 14.2 Å². The summed E-state index contributed by atoms with van der Waals surface area (Å²) in [7, 11) is 0. The van der Waals surface area contributed by atoms with E-state index < -0.39 is 0 Å². The van der Waals surface area contributed by atoms with Crippen molar-refractivity contribution in [2.45, 2.75) is 13.0 Å². The number of amides is 1. The Morgan fingerprint density at radius 1 is 1.28 bits per heavy atom. The molecule has 0 radical (unpaired) electrons. The van der Waals surface area contributed by atoms with E-state index in [-0.39, 0.29) is 11.9 Å². The molecule has 0 spiro atoms. The quantitative estimate of drug-likeness (QED) is 0.885. The molecule has 0 bridgehead atoms. The van der Waals surface area contributed by atoms with Gasteiger partial charge in [0.15, 0.2) is 0 Å². The first-order valence-corrected chi connectivity index (χ1v) is 6.95. The van der Waals surface area contributed by atoms with E-state index in [9.17, 15) is 4.79 Å². The normalized spacial score (nSPS) is 12.2. The topological polar surface area (TPSA) is 29.1 Å². The van der Waals surface area contributed by atoms with E-state index in [4.69, 9.17) is 23.2 Å². The van der Waals surface area contributed by atoms with E-state index >= 15 is 0 Å². The fraction of sp³-hybridized carbons (Fsp3) is 0.154. The summed E-state index contributed by atoms with van der Waals surface area (Å²) in [6.45, 7) is 1.92. The number of carbonyl (C=O) groups excluding carboxylic acids is 1. The second kappa shape index (κ2) is 5.74. The van der Waals surface area contributed by atoms with Crippen LogP contribution in [-0.4, -0.2) is 5.91 Å². The second-order valence-corrected chi connectivity index (χ2v) is 6.01. The van der Waals surface area contributed by atoms with Gasteiger partial charge in [-0.3, -0.25) is 4.79 Å². The van der Waals surface area contributed by atoms with E-state index in [1.165, 1.54) is 11.3 Å². The number of halogens is 2. The summed E-state index contributed by atoms with van der Waals surface area (Å²) in [5.74, 6) is -0.126. The standard InChI is InChI=1S/C13H11Cl2NOS/c1-8(9-3-2-4-10(14)7-9)16-13(17)11-5-6-12(15)18-11/h2-8H,1H3,(H,16,17)/t8-/m1/s1. The summed E-state index contributed by atoms with van der Waals surface area (Å²) < 4.78 is 0.607. The van der Waals surface area contributed by atoms with Crippen LogP contribution in [0.3, 0.4) is 0 Å². The molecule has 1 amide bonds. The van der Waals surface area contributed by atoms with E-state index in [2.05, 4.69) is 5.32 Å². The van der Waals surface area contributed by atoms with Gasteiger partial charge < -0.3 is 5.32 Å². The van der Waals surface area contributed by atoms with Crippen molar-refractivity contribution in [3.63, 3.8) is 0 Å². The molecule has 0 fully saturated rings. The van der Waals surface area contributed by atoms with E-state index in [1.807, 2.05) is 25.1 Å². The molecule has 0 aliphatic heterocycles. The zero-order valence-electron chi connectivity index (χ0n) is 9.61. The van der Waals surface area contributed by atoms with Crippen LogP contribution in [0.2, 0.25) is 9.36 Å². The third-order valence-corrected chi connectivity index (χ3v) is 3.96. The van der Waals surface area contributed by atoms with E-state index in [0.717, 1.165) is 5.56 Å². The van der Waals surface area contributed by atoms with Gasteiger partial charge in [0, 0.05) is 5.02 Å². The predicted octanol–water partition coefficient (Wildman–Crippen LogP) is 4.55. The van der Waals surface area contributed by atoms with Gasteiger partial charge in [-0.2, -0.15) is 0 Å². The Hall–Kier alpha value is -1.03. The molecule has 2 rings (SSSR count). The van der Waals surface area contributed by atoms with Crippen molar-refractivity contribution in [1.82, 2.24) is 5.32 Å². The molecule has 1 aromatic heterocycles. The zero-order chi connectivity index (χ0) is 13.1. The highest BCUT2D eigenvalue weighted by Gasteiger charge is 2.13. The number of carbonyl (C=O) groups is 1.